The van der Waals surface area contributed by atoms with Gasteiger partial charge in [-0.05, 0) is 44.4 Å². The average molecular weight is 490 g/mol. The molecule has 1 aromatic heterocycles. The third-order valence-corrected chi connectivity index (χ3v) is 5.25. The van der Waals surface area contributed by atoms with Crippen molar-refractivity contribution >= 4 is 41.3 Å². The maximum Gasteiger partial charge on any atom is 0.191 e. The smallest absolute Gasteiger partial charge is 0.191 e. The number of halogens is 2. The number of guanidine groups is 1. The van der Waals surface area contributed by atoms with Gasteiger partial charge in [-0.15, -0.1) is 35.3 Å². The average Bonchev–Trinajstić information content (AvgIpc) is 2.96. The molecule has 0 saturated carbocycles. The van der Waals surface area contributed by atoms with Crippen LogP contribution in [0.2, 0.25) is 0 Å². The molecule has 0 aliphatic heterocycles. The second kappa shape index (κ2) is 10.8. The van der Waals surface area contributed by atoms with Crippen LogP contribution in [0.4, 0.5) is 4.39 Å². The fourth-order valence-corrected chi connectivity index (χ4v) is 3.59. The van der Waals surface area contributed by atoms with E-state index in [4.69, 9.17) is 0 Å². The molecule has 1 atom stereocenters. The number of nitrogens with one attached hydrogen (secondary N) is 2. The molecule has 7 heteroatoms. The Labute approximate surface area is 176 Å². The summed E-state index contributed by atoms with van der Waals surface area (Å²) in [6.07, 6.45) is 1.84. The normalized spacial score (nSPS) is 12.5. The van der Waals surface area contributed by atoms with Crippen molar-refractivity contribution in [3.63, 3.8) is 0 Å². The summed E-state index contributed by atoms with van der Waals surface area (Å²) < 4.78 is 13.7. The minimum absolute atomic E-state index is 0. The lowest BCUT2D eigenvalue weighted by atomic mass is 10.1. The number of aryl methyl sites for hydroxylation is 3. The molecule has 2 rings (SSSR count). The fraction of sp³-hybridized carbons (Fsp3) is 0.474. The summed E-state index contributed by atoms with van der Waals surface area (Å²) >= 11 is 1.76. The van der Waals surface area contributed by atoms with Crippen LogP contribution in [-0.4, -0.2) is 24.5 Å². The number of thiazole rings is 1. The predicted molar refractivity (Wildman–Crippen MR) is 119 cm³/mol. The van der Waals surface area contributed by atoms with Crippen molar-refractivity contribution in [2.45, 2.75) is 46.6 Å². The van der Waals surface area contributed by atoms with Gasteiger partial charge in [0.15, 0.2) is 5.96 Å². The minimum Gasteiger partial charge on any atom is -0.356 e. The topological polar surface area (TPSA) is 49.3 Å². The Morgan fingerprint density at radius 3 is 2.65 bits per heavy atom. The van der Waals surface area contributed by atoms with E-state index in [0.717, 1.165) is 30.0 Å². The van der Waals surface area contributed by atoms with E-state index in [0.29, 0.717) is 11.5 Å². The highest BCUT2D eigenvalue weighted by Crippen LogP contribution is 2.18. The largest absolute Gasteiger partial charge is 0.356 e. The molecule has 4 nitrogen and oxygen atoms in total. The van der Waals surface area contributed by atoms with Gasteiger partial charge in [0.2, 0.25) is 0 Å². The molecule has 0 saturated heterocycles. The highest BCUT2D eigenvalue weighted by atomic mass is 127. The lowest BCUT2D eigenvalue weighted by Gasteiger charge is -2.18. The van der Waals surface area contributed by atoms with Crippen molar-refractivity contribution in [3.05, 3.63) is 50.7 Å². The highest BCUT2D eigenvalue weighted by Gasteiger charge is 2.10. The van der Waals surface area contributed by atoms with Crippen molar-refractivity contribution in [1.29, 1.82) is 0 Å². The van der Waals surface area contributed by atoms with E-state index in [-0.39, 0.29) is 35.8 Å². The zero-order valence-electron chi connectivity index (χ0n) is 16.0. The lowest BCUT2D eigenvalue weighted by molar-refractivity contribution is 0.607. The molecule has 0 aliphatic carbocycles. The molecule has 0 amide bonds. The summed E-state index contributed by atoms with van der Waals surface area (Å²) in [5.74, 6) is 0.525. The van der Waals surface area contributed by atoms with Crippen molar-refractivity contribution in [1.82, 2.24) is 15.6 Å². The van der Waals surface area contributed by atoms with Gasteiger partial charge in [-0.2, -0.15) is 0 Å². The molecule has 1 heterocycles. The number of benzene rings is 1. The summed E-state index contributed by atoms with van der Waals surface area (Å²) in [6, 6.07) is 5.28. The maximum atomic E-state index is 13.7. The van der Waals surface area contributed by atoms with Crippen molar-refractivity contribution in [2.75, 3.05) is 13.6 Å². The van der Waals surface area contributed by atoms with Crippen molar-refractivity contribution in [2.24, 2.45) is 4.99 Å². The Bertz CT molecular complexity index is 745. The molecular formula is C19H28FIN4S. The molecular weight excluding hydrogens is 462 g/mol. The number of nitrogens with zero attached hydrogens (tertiary/aromatic N) is 2. The van der Waals surface area contributed by atoms with E-state index in [1.165, 1.54) is 10.6 Å². The number of rotatable bonds is 6. The molecule has 0 radical (unpaired) electrons. The van der Waals surface area contributed by atoms with Crippen LogP contribution in [0, 0.1) is 19.7 Å². The zero-order chi connectivity index (χ0) is 18.4. The van der Waals surface area contributed by atoms with E-state index in [9.17, 15) is 4.39 Å². The summed E-state index contributed by atoms with van der Waals surface area (Å²) in [5, 5.41) is 7.75. The van der Waals surface area contributed by atoms with Crippen LogP contribution in [0.25, 0.3) is 0 Å². The van der Waals surface area contributed by atoms with Gasteiger partial charge < -0.3 is 10.6 Å². The number of hydrogen-bond donors (Lipinski definition) is 2. The van der Waals surface area contributed by atoms with Gasteiger partial charge in [-0.3, -0.25) is 4.99 Å². The molecule has 0 bridgehead atoms. The standard InChI is InChI=1S/C19H27FN4S.HI/c1-6-17-14(4)25-18(24-17)9-10-22-19(21-5)23-13(3)15-8-7-12(2)16(20)11-15;/h7-8,11,13H,6,9-10H2,1-5H3,(H2,21,22,23);1H. The third kappa shape index (κ3) is 6.19. The highest BCUT2D eigenvalue weighted by molar-refractivity contribution is 14.0. The maximum absolute atomic E-state index is 13.7. The Kier molecular flexibility index (Phi) is 9.49. The fourth-order valence-electron chi connectivity index (χ4n) is 2.57. The summed E-state index contributed by atoms with van der Waals surface area (Å²) in [7, 11) is 1.74. The molecule has 0 aliphatic rings. The first kappa shape index (κ1) is 22.8. The lowest BCUT2D eigenvalue weighted by Crippen LogP contribution is -2.39. The SMILES string of the molecule is CCc1nc(CCNC(=NC)NC(C)c2ccc(C)c(F)c2)sc1C.I. The molecule has 2 N–H and O–H groups in total. The quantitative estimate of drug-likeness (QED) is 0.355. The van der Waals surface area contributed by atoms with Crippen LogP contribution in [0.1, 0.15) is 46.6 Å². The number of aromatic nitrogens is 1. The van der Waals surface area contributed by atoms with Gasteiger partial charge in [-0.25, -0.2) is 9.37 Å². The van der Waals surface area contributed by atoms with E-state index in [1.807, 2.05) is 13.0 Å². The first-order chi connectivity index (χ1) is 11.9. The predicted octanol–water partition coefficient (Wildman–Crippen LogP) is 4.55. The van der Waals surface area contributed by atoms with Crippen molar-refractivity contribution in [3.8, 4) is 0 Å². The van der Waals surface area contributed by atoms with Crippen LogP contribution in [0.5, 0.6) is 0 Å². The number of aliphatic imine (C=N–C) groups is 1. The van der Waals surface area contributed by atoms with E-state index in [1.54, 1.807) is 37.4 Å². The van der Waals surface area contributed by atoms with E-state index < -0.39 is 0 Å². The molecule has 0 spiro atoms. The first-order valence-corrected chi connectivity index (χ1v) is 9.44. The second-order valence-corrected chi connectivity index (χ2v) is 7.38. The van der Waals surface area contributed by atoms with Gasteiger partial charge in [0.05, 0.1) is 16.7 Å². The zero-order valence-corrected chi connectivity index (χ0v) is 19.2. The Morgan fingerprint density at radius 1 is 1.35 bits per heavy atom. The molecule has 0 fully saturated rings. The number of hydrogen-bond acceptors (Lipinski definition) is 3. The van der Waals surface area contributed by atoms with E-state index >= 15 is 0 Å². The van der Waals surface area contributed by atoms with Crippen molar-refractivity contribution < 1.29 is 4.39 Å². The summed E-state index contributed by atoms with van der Waals surface area (Å²) in [6.45, 7) is 8.77. The van der Waals surface area contributed by atoms with Gasteiger partial charge in [0, 0.05) is 24.9 Å². The van der Waals surface area contributed by atoms with Gasteiger partial charge in [0.1, 0.15) is 5.82 Å². The molecule has 1 aromatic carbocycles. The Balaban J connectivity index is 0.00000338. The molecule has 26 heavy (non-hydrogen) atoms. The summed E-state index contributed by atoms with van der Waals surface area (Å²) in [5.41, 5.74) is 2.75. The van der Waals surface area contributed by atoms with Crippen LogP contribution in [-0.2, 0) is 12.8 Å². The third-order valence-electron chi connectivity index (χ3n) is 4.18. The minimum atomic E-state index is -0.181. The van der Waals surface area contributed by atoms with Gasteiger partial charge in [0.25, 0.3) is 0 Å². The van der Waals surface area contributed by atoms with Gasteiger partial charge in [-0.1, -0.05) is 19.1 Å². The monoisotopic (exact) mass is 490 g/mol. The first-order valence-electron chi connectivity index (χ1n) is 8.63. The Morgan fingerprint density at radius 2 is 2.08 bits per heavy atom. The second-order valence-electron chi connectivity index (χ2n) is 6.09. The van der Waals surface area contributed by atoms with Crippen LogP contribution >= 0.6 is 35.3 Å². The van der Waals surface area contributed by atoms with Crippen LogP contribution < -0.4 is 10.6 Å². The molecule has 144 valence electrons. The van der Waals surface area contributed by atoms with Crippen LogP contribution in [0.3, 0.4) is 0 Å². The summed E-state index contributed by atoms with van der Waals surface area (Å²) in [4.78, 5) is 10.2. The molecule has 1 unspecified atom stereocenters. The van der Waals surface area contributed by atoms with E-state index in [2.05, 4.69) is 34.5 Å². The van der Waals surface area contributed by atoms with Crippen LogP contribution in [0.15, 0.2) is 23.2 Å². The molecule has 2 aromatic rings. The van der Waals surface area contributed by atoms with Gasteiger partial charge >= 0.3 is 0 Å². The Hall–Kier alpha value is -1.22.